The van der Waals surface area contributed by atoms with Crippen molar-refractivity contribution in [3.05, 3.63) is 117 Å². The summed E-state index contributed by atoms with van der Waals surface area (Å²) in [5, 5.41) is 6.18. The highest BCUT2D eigenvalue weighted by atomic mass is 79.9. The van der Waals surface area contributed by atoms with Gasteiger partial charge in [-0.05, 0) is 73.0 Å². The monoisotopic (exact) mass is 583 g/mol. The minimum absolute atomic E-state index is 0.223. The van der Waals surface area contributed by atoms with E-state index >= 15 is 0 Å². The SMILES string of the molecule is CSC1=C(NC(=O)N(Cc2ccccc2)Cc2ccc(Oc3ccc(Br)cc3)cc2)C(C)(Cl)NC=C1. The molecule has 1 unspecified atom stereocenters. The van der Waals surface area contributed by atoms with Gasteiger partial charge in [-0.1, -0.05) is 70.0 Å². The lowest BCUT2D eigenvalue weighted by molar-refractivity contribution is 0.194. The Labute approximate surface area is 229 Å². The number of rotatable bonds is 8. The van der Waals surface area contributed by atoms with Crippen LogP contribution in [0.1, 0.15) is 18.1 Å². The zero-order chi connectivity index (χ0) is 25.5. The number of carbonyl (C=O) groups is 1. The van der Waals surface area contributed by atoms with E-state index in [1.807, 2.05) is 98.1 Å². The van der Waals surface area contributed by atoms with Gasteiger partial charge in [0, 0.05) is 22.5 Å². The fourth-order valence-electron chi connectivity index (χ4n) is 3.72. The molecule has 8 heteroatoms. The number of nitrogens with one attached hydrogen (secondary N) is 2. The van der Waals surface area contributed by atoms with E-state index in [1.165, 1.54) is 11.8 Å². The van der Waals surface area contributed by atoms with Gasteiger partial charge in [-0.2, -0.15) is 0 Å². The topological polar surface area (TPSA) is 53.6 Å². The number of hydrogen-bond donors (Lipinski definition) is 2. The Morgan fingerprint density at radius 1 is 1.00 bits per heavy atom. The van der Waals surface area contributed by atoms with E-state index < -0.39 is 5.00 Å². The zero-order valence-electron chi connectivity index (χ0n) is 20.0. The number of nitrogens with zero attached hydrogens (tertiary/aromatic N) is 1. The summed E-state index contributed by atoms with van der Waals surface area (Å²) in [5.41, 5.74) is 2.66. The predicted molar refractivity (Wildman–Crippen MR) is 152 cm³/mol. The molecule has 1 heterocycles. The molecule has 5 nitrogen and oxygen atoms in total. The second kappa shape index (κ2) is 11.9. The highest BCUT2D eigenvalue weighted by Gasteiger charge is 2.32. The molecule has 1 aliphatic rings. The number of alkyl halides is 1. The van der Waals surface area contributed by atoms with Crippen molar-refractivity contribution < 1.29 is 9.53 Å². The third-order valence-electron chi connectivity index (χ3n) is 5.61. The van der Waals surface area contributed by atoms with E-state index in [9.17, 15) is 4.79 Å². The van der Waals surface area contributed by atoms with Crippen molar-refractivity contribution in [3.8, 4) is 11.5 Å². The third kappa shape index (κ3) is 6.87. The quantitative estimate of drug-likeness (QED) is 0.211. The molecule has 1 atom stereocenters. The maximum atomic E-state index is 13.5. The van der Waals surface area contributed by atoms with Crippen LogP contribution in [0.5, 0.6) is 11.5 Å². The molecule has 186 valence electrons. The molecule has 0 bridgehead atoms. The highest BCUT2D eigenvalue weighted by Crippen LogP contribution is 2.31. The van der Waals surface area contributed by atoms with Crippen LogP contribution in [0.4, 0.5) is 4.79 Å². The first kappa shape index (κ1) is 26.2. The van der Waals surface area contributed by atoms with Crippen LogP contribution in [0.25, 0.3) is 0 Å². The van der Waals surface area contributed by atoms with Crippen LogP contribution < -0.4 is 15.4 Å². The molecule has 0 fully saturated rings. The first-order valence-electron chi connectivity index (χ1n) is 11.4. The summed E-state index contributed by atoms with van der Waals surface area (Å²) in [5.74, 6) is 1.49. The summed E-state index contributed by atoms with van der Waals surface area (Å²) in [6.45, 7) is 2.70. The number of allylic oxidation sites excluding steroid dienone is 1. The molecule has 3 aromatic rings. The average molecular weight is 585 g/mol. The van der Waals surface area contributed by atoms with Crippen LogP contribution >= 0.6 is 39.3 Å². The lowest BCUT2D eigenvalue weighted by Crippen LogP contribution is -2.48. The van der Waals surface area contributed by atoms with Gasteiger partial charge in [0.05, 0.1) is 5.70 Å². The summed E-state index contributed by atoms with van der Waals surface area (Å²) >= 11 is 11.7. The standard InChI is InChI=1S/C28H27BrClN3O2S/c1-28(30)26(25(36-2)16-17-31-28)32-27(34)33(18-20-6-4-3-5-7-20)19-21-8-12-23(13-9-21)35-24-14-10-22(29)11-15-24/h3-17,31H,18-19H2,1-2H3,(H,32,34). The number of halogens is 2. The lowest BCUT2D eigenvalue weighted by Gasteiger charge is -2.33. The van der Waals surface area contributed by atoms with E-state index in [4.69, 9.17) is 16.3 Å². The molecule has 0 aromatic heterocycles. The van der Waals surface area contributed by atoms with Gasteiger partial charge in [-0.25, -0.2) is 4.79 Å². The Kier molecular flexibility index (Phi) is 8.67. The van der Waals surface area contributed by atoms with Crippen LogP contribution in [0.3, 0.4) is 0 Å². The summed E-state index contributed by atoms with van der Waals surface area (Å²) in [6, 6.07) is 25.2. The second-order valence-electron chi connectivity index (χ2n) is 8.40. The summed E-state index contributed by atoms with van der Waals surface area (Å²) < 4.78 is 6.93. The molecule has 0 saturated carbocycles. The van der Waals surface area contributed by atoms with Crippen LogP contribution in [0.2, 0.25) is 0 Å². The van der Waals surface area contributed by atoms with Gasteiger partial charge in [0.2, 0.25) is 0 Å². The van der Waals surface area contributed by atoms with Gasteiger partial charge >= 0.3 is 6.03 Å². The molecule has 36 heavy (non-hydrogen) atoms. The van der Waals surface area contributed by atoms with Crippen molar-refractivity contribution in [2.24, 2.45) is 0 Å². The van der Waals surface area contributed by atoms with E-state index in [2.05, 4.69) is 26.6 Å². The summed E-state index contributed by atoms with van der Waals surface area (Å²) in [4.78, 5) is 15.3. The maximum Gasteiger partial charge on any atom is 0.322 e. The van der Waals surface area contributed by atoms with Crippen molar-refractivity contribution in [2.75, 3.05) is 6.26 Å². The molecule has 0 radical (unpaired) electrons. The first-order valence-corrected chi connectivity index (χ1v) is 13.8. The molecule has 1 aliphatic heterocycles. The lowest BCUT2D eigenvalue weighted by atomic mass is 10.1. The molecular weight excluding hydrogens is 558 g/mol. The number of urea groups is 1. The largest absolute Gasteiger partial charge is 0.457 e. The molecule has 0 spiro atoms. The smallest absolute Gasteiger partial charge is 0.322 e. The van der Waals surface area contributed by atoms with E-state index in [-0.39, 0.29) is 6.03 Å². The van der Waals surface area contributed by atoms with Crippen molar-refractivity contribution >= 4 is 45.3 Å². The molecule has 2 amide bonds. The van der Waals surface area contributed by atoms with Crippen LogP contribution in [0.15, 0.2) is 106 Å². The minimum atomic E-state index is -0.910. The molecule has 2 N–H and O–H groups in total. The fraction of sp³-hybridized carbons (Fsp3) is 0.179. The van der Waals surface area contributed by atoms with Gasteiger partial charge in [0.25, 0.3) is 0 Å². The molecule has 0 aliphatic carbocycles. The number of carbonyl (C=O) groups excluding carboxylic acids is 1. The number of thioether (sulfide) groups is 1. The highest BCUT2D eigenvalue weighted by molar-refractivity contribution is 9.10. The van der Waals surface area contributed by atoms with Crippen molar-refractivity contribution in [3.63, 3.8) is 0 Å². The number of hydrogen-bond acceptors (Lipinski definition) is 4. The fourth-order valence-corrected chi connectivity index (χ4v) is 4.92. The van der Waals surface area contributed by atoms with Crippen LogP contribution in [-0.2, 0) is 13.1 Å². The maximum absolute atomic E-state index is 13.5. The van der Waals surface area contributed by atoms with Crippen LogP contribution in [0, 0.1) is 0 Å². The van der Waals surface area contributed by atoms with E-state index in [1.54, 1.807) is 11.1 Å². The van der Waals surface area contributed by atoms with Crippen molar-refractivity contribution in [2.45, 2.75) is 25.0 Å². The number of benzene rings is 3. The first-order chi connectivity index (χ1) is 17.3. The average Bonchev–Trinajstić information content (AvgIpc) is 2.87. The van der Waals surface area contributed by atoms with Gasteiger partial charge in [-0.3, -0.25) is 0 Å². The normalized spacial score (nSPS) is 16.9. The molecule has 4 rings (SSSR count). The predicted octanol–water partition coefficient (Wildman–Crippen LogP) is 7.60. The van der Waals surface area contributed by atoms with E-state index in [0.29, 0.717) is 18.8 Å². The van der Waals surface area contributed by atoms with Crippen molar-refractivity contribution in [1.82, 2.24) is 15.5 Å². The van der Waals surface area contributed by atoms with E-state index in [0.717, 1.165) is 32.0 Å². The molecule has 3 aromatic carbocycles. The Morgan fingerprint density at radius 2 is 1.58 bits per heavy atom. The molecular formula is C28H27BrClN3O2S. The Balaban J connectivity index is 1.52. The third-order valence-corrected chi connectivity index (χ3v) is 7.21. The van der Waals surface area contributed by atoms with Gasteiger partial charge < -0.3 is 20.3 Å². The van der Waals surface area contributed by atoms with Crippen molar-refractivity contribution in [1.29, 1.82) is 0 Å². The Bertz CT molecular complexity index is 1250. The zero-order valence-corrected chi connectivity index (χ0v) is 23.2. The number of dihydropyridines is 1. The van der Waals surface area contributed by atoms with Gasteiger partial charge in [0.15, 0.2) is 5.00 Å². The Hall–Kier alpha value is -2.87. The number of ether oxygens (including phenoxy) is 1. The Morgan fingerprint density at radius 3 is 2.19 bits per heavy atom. The minimum Gasteiger partial charge on any atom is -0.457 e. The second-order valence-corrected chi connectivity index (χ2v) is 10.9. The molecule has 0 saturated heterocycles. The summed E-state index contributed by atoms with van der Waals surface area (Å²) in [7, 11) is 0. The summed E-state index contributed by atoms with van der Waals surface area (Å²) in [6.07, 6.45) is 5.67. The van der Waals surface area contributed by atoms with Crippen LogP contribution in [-0.4, -0.2) is 22.2 Å². The number of amides is 2. The van der Waals surface area contributed by atoms with Gasteiger partial charge in [-0.15, -0.1) is 11.8 Å². The van der Waals surface area contributed by atoms with Gasteiger partial charge in [0.1, 0.15) is 11.5 Å².